The zero-order chi connectivity index (χ0) is 24.8. The Morgan fingerprint density at radius 2 is 1.77 bits per heavy atom. The number of fused-ring (bicyclic) bond motifs is 1. The third-order valence-electron chi connectivity index (χ3n) is 5.63. The Bertz CT molecular complexity index is 1300. The maximum absolute atomic E-state index is 13.6. The maximum atomic E-state index is 13.6. The van der Waals surface area contributed by atoms with Gasteiger partial charge < -0.3 is 15.0 Å². The van der Waals surface area contributed by atoms with Crippen molar-refractivity contribution in [3.8, 4) is 0 Å². The second-order valence-corrected chi connectivity index (χ2v) is 8.13. The number of hydrogen-bond acceptors (Lipinski definition) is 5. The van der Waals surface area contributed by atoms with Crippen LogP contribution in [0.4, 0.5) is 10.1 Å². The first-order valence-electron chi connectivity index (χ1n) is 11.2. The van der Waals surface area contributed by atoms with Gasteiger partial charge in [-0.1, -0.05) is 47.2 Å². The minimum absolute atomic E-state index is 0.101. The molecule has 1 aromatic heterocycles. The number of carbonyl (C=O) groups is 2. The number of methoxy groups -OCH3 is 1. The normalized spacial score (nSPS) is 11.9. The lowest BCUT2D eigenvalue weighted by molar-refractivity contribution is -0.140. The topological polar surface area (TPSA) is 89.3 Å². The number of para-hydroxylation sites is 1. The maximum Gasteiger partial charge on any atom is 0.251 e. The second kappa shape index (κ2) is 10.9. The SMILES string of the molecule is COCCN(C(=O)Cn1nnc2ccccc21)[C@@H](C(=O)Nc1ccc(F)cc1)c1ccc(C)cc1. The van der Waals surface area contributed by atoms with Gasteiger partial charge in [-0.25, -0.2) is 9.07 Å². The molecule has 4 rings (SSSR count). The van der Waals surface area contributed by atoms with E-state index in [0.29, 0.717) is 16.8 Å². The van der Waals surface area contributed by atoms with Gasteiger partial charge in [-0.3, -0.25) is 9.59 Å². The molecule has 35 heavy (non-hydrogen) atoms. The van der Waals surface area contributed by atoms with Crippen molar-refractivity contribution in [2.45, 2.75) is 19.5 Å². The highest BCUT2D eigenvalue weighted by atomic mass is 19.1. The Balaban J connectivity index is 1.68. The van der Waals surface area contributed by atoms with Gasteiger partial charge in [0.05, 0.1) is 12.1 Å². The zero-order valence-electron chi connectivity index (χ0n) is 19.5. The number of aromatic nitrogens is 3. The number of benzene rings is 3. The lowest BCUT2D eigenvalue weighted by Crippen LogP contribution is -2.44. The fourth-order valence-corrected chi connectivity index (χ4v) is 3.81. The summed E-state index contributed by atoms with van der Waals surface area (Å²) in [6, 6.07) is 19.3. The lowest BCUT2D eigenvalue weighted by Gasteiger charge is -2.31. The van der Waals surface area contributed by atoms with Crippen molar-refractivity contribution in [1.82, 2.24) is 19.9 Å². The predicted octanol–water partition coefficient (Wildman–Crippen LogP) is 3.73. The molecular formula is C26H26FN5O3. The van der Waals surface area contributed by atoms with Crippen LogP contribution in [0.3, 0.4) is 0 Å². The van der Waals surface area contributed by atoms with Crippen molar-refractivity contribution in [2.75, 3.05) is 25.6 Å². The van der Waals surface area contributed by atoms with Gasteiger partial charge in [-0.05, 0) is 48.9 Å². The molecule has 2 amide bonds. The molecular weight excluding hydrogens is 449 g/mol. The fraction of sp³-hybridized carbons (Fsp3) is 0.231. The van der Waals surface area contributed by atoms with Crippen LogP contribution in [0.2, 0.25) is 0 Å². The molecule has 3 aromatic carbocycles. The summed E-state index contributed by atoms with van der Waals surface area (Å²) in [4.78, 5) is 28.6. The molecule has 0 bridgehead atoms. The number of nitrogens with zero attached hydrogens (tertiary/aromatic N) is 4. The van der Waals surface area contributed by atoms with E-state index >= 15 is 0 Å². The number of nitrogens with one attached hydrogen (secondary N) is 1. The third-order valence-corrected chi connectivity index (χ3v) is 5.63. The lowest BCUT2D eigenvalue weighted by atomic mass is 10.0. The molecule has 0 radical (unpaired) electrons. The third kappa shape index (κ3) is 5.70. The minimum atomic E-state index is -0.946. The van der Waals surface area contributed by atoms with E-state index in [1.165, 1.54) is 41.0 Å². The van der Waals surface area contributed by atoms with Gasteiger partial charge in [0.15, 0.2) is 0 Å². The smallest absolute Gasteiger partial charge is 0.251 e. The van der Waals surface area contributed by atoms with Crippen molar-refractivity contribution < 1.29 is 18.7 Å². The Morgan fingerprint density at radius 3 is 2.49 bits per heavy atom. The second-order valence-electron chi connectivity index (χ2n) is 8.13. The van der Waals surface area contributed by atoms with E-state index in [4.69, 9.17) is 4.74 Å². The molecule has 8 nitrogen and oxygen atoms in total. The van der Waals surface area contributed by atoms with Crippen molar-refractivity contribution in [1.29, 1.82) is 0 Å². The molecule has 0 aliphatic heterocycles. The Kier molecular flexibility index (Phi) is 7.47. The highest BCUT2D eigenvalue weighted by molar-refractivity contribution is 5.98. The van der Waals surface area contributed by atoms with Crippen LogP contribution >= 0.6 is 0 Å². The van der Waals surface area contributed by atoms with E-state index in [-0.39, 0.29) is 25.6 Å². The van der Waals surface area contributed by atoms with Crippen LogP contribution in [0, 0.1) is 12.7 Å². The number of hydrogen-bond donors (Lipinski definition) is 1. The van der Waals surface area contributed by atoms with Crippen molar-refractivity contribution in [3.05, 3.63) is 89.7 Å². The monoisotopic (exact) mass is 475 g/mol. The molecule has 180 valence electrons. The fourth-order valence-electron chi connectivity index (χ4n) is 3.81. The van der Waals surface area contributed by atoms with Crippen LogP contribution in [0.25, 0.3) is 11.0 Å². The number of amides is 2. The molecule has 0 saturated heterocycles. The highest BCUT2D eigenvalue weighted by Gasteiger charge is 2.32. The molecule has 0 saturated carbocycles. The highest BCUT2D eigenvalue weighted by Crippen LogP contribution is 2.25. The number of aryl methyl sites for hydroxylation is 1. The molecule has 0 fully saturated rings. The molecule has 0 aliphatic carbocycles. The zero-order valence-corrected chi connectivity index (χ0v) is 19.5. The van der Waals surface area contributed by atoms with Gasteiger partial charge in [0.25, 0.3) is 5.91 Å². The number of anilines is 1. The van der Waals surface area contributed by atoms with Crippen molar-refractivity contribution in [2.24, 2.45) is 0 Å². The van der Waals surface area contributed by atoms with Gasteiger partial charge in [0.2, 0.25) is 5.91 Å². The van der Waals surface area contributed by atoms with Gasteiger partial charge in [-0.2, -0.15) is 0 Å². The van der Waals surface area contributed by atoms with Crippen LogP contribution in [0.1, 0.15) is 17.2 Å². The van der Waals surface area contributed by atoms with E-state index < -0.39 is 17.8 Å². The molecule has 1 heterocycles. The van der Waals surface area contributed by atoms with Gasteiger partial charge >= 0.3 is 0 Å². The summed E-state index contributed by atoms with van der Waals surface area (Å²) < 4.78 is 20.1. The quantitative estimate of drug-likeness (QED) is 0.398. The minimum Gasteiger partial charge on any atom is -0.383 e. The number of halogens is 1. The summed E-state index contributed by atoms with van der Waals surface area (Å²) in [6.07, 6.45) is 0. The first-order valence-corrected chi connectivity index (χ1v) is 11.2. The molecule has 4 aromatic rings. The van der Waals surface area contributed by atoms with Gasteiger partial charge in [-0.15, -0.1) is 5.10 Å². The van der Waals surface area contributed by atoms with E-state index in [0.717, 1.165) is 11.1 Å². The van der Waals surface area contributed by atoms with Crippen LogP contribution < -0.4 is 5.32 Å². The molecule has 1 N–H and O–H groups in total. The van der Waals surface area contributed by atoms with Crippen LogP contribution in [0.15, 0.2) is 72.8 Å². The summed E-state index contributed by atoms with van der Waals surface area (Å²) in [5.41, 5.74) is 3.48. The number of carbonyl (C=O) groups excluding carboxylic acids is 2. The standard InChI is InChI=1S/C26H26FN5O3/c1-18-7-9-19(10-8-18)25(26(34)28-21-13-11-20(27)12-14-21)31(15-16-35-2)24(33)17-32-23-6-4-3-5-22(23)29-30-32/h3-14,25H,15-17H2,1-2H3,(H,28,34)/t25-/m1/s1. The average molecular weight is 476 g/mol. The molecule has 1 atom stereocenters. The van der Waals surface area contributed by atoms with E-state index in [1.807, 2.05) is 55.5 Å². The first kappa shape index (κ1) is 24.0. The van der Waals surface area contributed by atoms with Crippen molar-refractivity contribution >= 4 is 28.5 Å². The van der Waals surface area contributed by atoms with Crippen LogP contribution in [0.5, 0.6) is 0 Å². The molecule has 0 unspecified atom stereocenters. The first-order chi connectivity index (χ1) is 17.0. The number of ether oxygens (including phenoxy) is 1. The van der Waals surface area contributed by atoms with E-state index in [1.54, 1.807) is 0 Å². The Labute approximate surface area is 202 Å². The molecule has 0 spiro atoms. The van der Waals surface area contributed by atoms with Gasteiger partial charge in [0.1, 0.15) is 23.9 Å². The average Bonchev–Trinajstić information content (AvgIpc) is 3.26. The van der Waals surface area contributed by atoms with Crippen LogP contribution in [-0.2, 0) is 20.9 Å². The summed E-state index contributed by atoms with van der Waals surface area (Å²) in [7, 11) is 1.53. The summed E-state index contributed by atoms with van der Waals surface area (Å²) in [5.74, 6) is -1.15. The summed E-state index contributed by atoms with van der Waals surface area (Å²) in [6.45, 7) is 2.25. The van der Waals surface area contributed by atoms with Crippen molar-refractivity contribution in [3.63, 3.8) is 0 Å². The Hall–Kier alpha value is -4.11. The van der Waals surface area contributed by atoms with Gasteiger partial charge in [0, 0.05) is 19.3 Å². The Morgan fingerprint density at radius 1 is 1.06 bits per heavy atom. The molecule has 9 heteroatoms. The van der Waals surface area contributed by atoms with Crippen LogP contribution in [-0.4, -0.2) is 52.0 Å². The number of rotatable bonds is 9. The summed E-state index contributed by atoms with van der Waals surface area (Å²) >= 11 is 0. The summed E-state index contributed by atoms with van der Waals surface area (Å²) in [5, 5.41) is 11.0. The van der Waals surface area contributed by atoms with E-state index in [9.17, 15) is 14.0 Å². The molecule has 0 aliphatic rings. The largest absolute Gasteiger partial charge is 0.383 e. The van der Waals surface area contributed by atoms with E-state index in [2.05, 4.69) is 15.6 Å². The predicted molar refractivity (Wildman–Crippen MR) is 130 cm³/mol.